The van der Waals surface area contributed by atoms with Crippen LogP contribution >= 0.6 is 11.6 Å². The van der Waals surface area contributed by atoms with Crippen LogP contribution < -0.4 is 15.0 Å². The van der Waals surface area contributed by atoms with Crippen molar-refractivity contribution >= 4 is 23.3 Å². The summed E-state index contributed by atoms with van der Waals surface area (Å²) >= 11 is 6.07. The van der Waals surface area contributed by atoms with E-state index in [-0.39, 0.29) is 12.1 Å². The number of halogens is 1. The molecule has 0 spiro atoms. The largest absolute Gasteiger partial charge is 0.467 e. The molecule has 5 heteroatoms. The van der Waals surface area contributed by atoms with Crippen LogP contribution in [0.15, 0.2) is 48.5 Å². The lowest BCUT2D eigenvalue weighted by Gasteiger charge is -2.50. The Hall–Kier alpha value is -2.20. The molecule has 1 fully saturated rings. The molecule has 2 aromatic carbocycles. The van der Waals surface area contributed by atoms with Crippen LogP contribution in [0.4, 0.5) is 10.5 Å². The van der Waals surface area contributed by atoms with E-state index in [9.17, 15) is 4.79 Å². The molecule has 22 heavy (non-hydrogen) atoms. The van der Waals surface area contributed by atoms with Crippen molar-refractivity contribution in [3.05, 3.63) is 59.1 Å². The minimum absolute atomic E-state index is 0.0834. The van der Waals surface area contributed by atoms with Crippen molar-refractivity contribution in [2.75, 3.05) is 4.90 Å². The number of fused-ring (bicyclic) bond motifs is 4. The highest BCUT2D eigenvalue weighted by atomic mass is 35.5. The van der Waals surface area contributed by atoms with Crippen LogP contribution in [0.5, 0.6) is 5.75 Å². The molecule has 4 nitrogen and oxygen atoms in total. The normalized spacial score (nSPS) is 26.0. The molecule has 112 valence electrons. The van der Waals surface area contributed by atoms with Gasteiger partial charge in [-0.2, -0.15) is 0 Å². The number of carbonyl (C=O) groups excluding carboxylic acids is 1. The van der Waals surface area contributed by atoms with Gasteiger partial charge in [0, 0.05) is 22.7 Å². The van der Waals surface area contributed by atoms with E-state index >= 15 is 0 Å². The Morgan fingerprint density at radius 2 is 2.05 bits per heavy atom. The van der Waals surface area contributed by atoms with Gasteiger partial charge in [-0.1, -0.05) is 29.8 Å². The van der Waals surface area contributed by atoms with E-state index in [0.29, 0.717) is 11.4 Å². The smallest absolute Gasteiger partial charge is 0.325 e. The minimum Gasteiger partial charge on any atom is -0.467 e. The number of anilines is 1. The highest BCUT2D eigenvalue weighted by molar-refractivity contribution is 6.30. The number of carbonyl (C=O) groups is 1. The number of amides is 2. The molecule has 0 aliphatic carbocycles. The van der Waals surface area contributed by atoms with Gasteiger partial charge in [0.1, 0.15) is 5.75 Å². The molecular formula is C17H15ClN2O2. The zero-order valence-corrected chi connectivity index (χ0v) is 12.8. The molecule has 2 bridgehead atoms. The Bertz CT molecular complexity index is 750. The summed E-state index contributed by atoms with van der Waals surface area (Å²) in [5, 5.41) is 3.70. The number of benzene rings is 2. The summed E-state index contributed by atoms with van der Waals surface area (Å²) < 4.78 is 6.19. The van der Waals surface area contributed by atoms with Crippen LogP contribution in [0.25, 0.3) is 0 Å². The van der Waals surface area contributed by atoms with Crippen LogP contribution in [0.2, 0.25) is 5.02 Å². The number of nitrogens with one attached hydrogen (secondary N) is 1. The Kier molecular flexibility index (Phi) is 2.84. The van der Waals surface area contributed by atoms with Gasteiger partial charge >= 0.3 is 6.03 Å². The second-order valence-corrected chi connectivity index (χ2v) is 6.27. The molecule has 1 N–H and O–H groups in total. The van der Waals surface area contributed by atoms with Gasteiger partial charge in [0.2, 0.25) is 0 Å². The number of nitrogens with zero attached hydrogens (tertiary/aromatic N) is 1. The van der Waals surface area contributed by atoms with Crippen LogP contribution in [0.3, 0.4) is 0 Å². The molecule has 0 unspecified atom stereocenters. The molecule has 2 aliphatic rings. The number of para-hydroxylation sites is 1. The maximum absolute atomic E-state index is 12.6. The fourth-order valence-corrected chi connectivity index (χ4v) is 3.49. The molecule has 2 amide bonds. The summed E-state index contributed by atoms with van der Waals surface area (Å²) in [5.74, 6) is 0.768. The fourth-order valence-electron chi connectivity index (χ4n) is 3.31. The summed E-state index contributed by atoms with van der Waals surface area (Å²) in [5.41, 5.74) is 1.04. The lowest BCUT2D eigenvalue weighted by Crippen LogP contribution is -2.65. The van der Waals surface area contributed by atoms with Gasteiger partial charge in [-0.05, 0) is 37.3 Å². The predicted octanol–water partition coefficient (Wildman–Crippen LogP) is 4.11. The van der Waals surface area contributed by atoms with Crippen molar-refractivity contribution in [2.24, 2.45) is 0 Å². The molecule has 2 heterocycles. The van der Waals surface area contributed by atoms with Crippen molar-refractivity contribution in [1.82, 2.24) is 5.32 Å². The average molecular weight is 315 g/mol. The fraction of sp³-hybridized carbons (Fsp3) is 0.235. The SMILES string of the molecule is C[C@]12C[C@H](NC(=O)N1c1ccccc1)c1cc(Cl)ccc1O2. The van der Waals surface area contributed by atoms with Gasteiger partial charge in [-0.15, -0.1) is 0 Å². The van der Waals surface area contributed by atoms with Crippen LogP contribution in [-0.4, -0.2) is 11.8 Å². The van der Waals surface area contributed by atoms with E-state index < -0.39 is 5.72 Å². The number of hydrogen-bond donors (Lipinski definition) is 1. The zero-order chi connectivity index (χ0) is 15.3. The third kappa shape index (κ3) is 1.95. The van der Waals surface area contributed by atoms with E-state index in [2.05, 4.69) is 5.32 Å². The lowest BCUT2D eigenvalue weighted by molar-refractivity contribution is 0.0379. The first-order valence-electron chi connectivity index (χ1n) is 7.21. The van der Waals surface area contributed by atoms with Crippen molar-refractivity contribution in [2.45, 2.75) is 25.1 Å². The van der Waals surface area contributed by atoms with Crippen molar-refractivity contribution < 1.29 is 9.53 Å². The molecule has 2 aliphatic heterocycles. The number of ether oxygens (including phenoxy) is 1. The maximum Gasteiger partial charge on any atom is 0.325 e. The molecule has 1 saturated heterocycles. The average Bonchev–Trinajstić information content (AvgIpc) is 2.48. The predicted molar refractivity (Wildman–Crippen MR) is 85.3 cm³/mol. The summed E-state index contributed by atoms with van der Waals surface area (Å²) in [7, 11) is 0. The van der Waals surface area contributed by atoms with Gasteiger partial charge in [0.15, 0.2) is 5.72 Å². The summed E-state index contributed by atoms with van der Waals surface area (Å²) in [6, 6.07) is 14.9. The van der Waals surface area contributed by atoms with Gasteiger partial charge in [-0.3, -0.25) is 4.90 Å². The van der Waals surface area contributed by atoms with Crippen LogP contribution in [0, 0.1) is 0 Å². The van der Waals surface area contributed by atoms with E-state index in [4.69, 9.17) is 16.3 Å². The van der Waals surface area contributed by atoms with E-state index in [1.54, 1.807) is 11.0 Å². The van der Waals surface area contributed by atoms with Gasteiger partial charge in [0.25, 0.3) is 0 Å². The third-order valence-electron chi connectivity index (χ3n) is 4.25. The van der Waals surface area contributed by atoms with E-state index in [1.807, 2.05) is 49.4 Å². The van der Waals surface area contributed by atoms with Crippen LogP contribution in [-0.2, 0) is 0 Å². The highest BCUT2D eigenvalue weighted by Crippen LogP contribution is 2.46. The molecule has 2 aromatic rings. The summed E-state index contributed by atoms with van der Waals surface area (Å²) in [6.45, 7) is 1.95. The van der Waals surface area contributed by atoms with Crippen molar-refractivity contribution in [3.8, 4) is 5.75 Å². The third-order valence-corrected chi connectivity index (χ3v) is 4.48. The van der Waals surface area contributed by atoms with Gasteiger partial charge in [0.05, 0.1) is 6.04 Å². The molecule has 0 aromatic heterocycles. The first-order chi connectivity index (χ1) is 10.6. The number of urea groups is 1. The Morgan fingerprint density at radius 3 is 2.82 bits per heavy atom. The van der Waals surface area contributed by atoms with Crippen molar-refractivity contribution in [3.63, 3.8) is 0 Å². The molecular weight excluding hydrogens is 300 g/mol. The standard InChI is InChI=1S/C17H15ClN2O2/c1-17-10-14(13-9-11(18)7-8-15(13)22-17)19-16(21)20(17)12-5-3-2-4-6-12/h2-9,14H,10H2,1H3,(H,19,21)/t14-,17-/m0/s1. The van der Waals surface area contributed by atoms with Gasteiger partial charge < -0.3 is 10.1 Å². The van der Waals surface area contributed by atoms with E-state index in [0.717, 1.165) is 17.0 Å². The second kappa shape index (κ2) is 4.65. The quantitative estimate of drug-likeness (QED) is 0.860. The van der Waals surface area contributed by atoms with Crippen LogP contribution in [0.1, 0.15) is 24.9 Å². The Morgan fingerprint density at radius 1 is 1.27 bits per heavy atom. The second-order valence-electron chi connectivity index (χ2n) is 5.84. The zero-order valence-electron chi connectivity index (χ0n) is 12.0. The topological polar surface area (TPSA) is 41.6 Å². The first kappa shape index (κ1) is 13.5. The Balaban J connectivity index is 1.81. The minimum atomic E-state index is -0.713. The molecule has 0 saturated carbocycles. The van der Waals surface area contributed by atoms with Gasteiger partial charge in [-0.25, -0.2) is 4.79 Å². The monoisotopic (exact) mass is 314 g/mol. The molecule has 4 rings (SSSR count). The number of rotatable bonds is 1. The maximum atomic E-state index is 12.6. The Labute approximate surface area is 133 Å². The summed E-state index contributed by atoms with van der Waals surface area (Å²) in [6.07, 6.45) is 0.668. The van der Waals surface area contributed by atoms with E-state index in [1.165, 1.54) is 0 Å². The first-order valence-corrected chi connectivity index (χ1v) is 7.59. The highest BCUT2D eigenvalue weighted by Gasteiger charge is 2.49. The summed E-state index contributed by atoms with van der Waals surface area (Å²) in [4.78, 5) is 14.3. The molecule has 0 radical (unpaired) electrons. The van der Waals surface area contributed by atoms with Crippen molar-refractivity contribution in [1.29, 1.82) is 0 Å². The number of hydrogen-bond acceptors (Lipinski definition) is 2. The lowest BCUT2D eigenvalue weighted by atomic mass is 9.90. The molecule has 2 atom stereocenters.